The lowest BCUT2D eigenvalue weighted by molar-refractivity contribution is 0.262. The first kappa shape index (κ1) is 24.4. The number of nitrogens with one attached hydrogen (secondary N) is 1. The number of ether oxygens (including phenoxy) is 1. The van der Waals surface area contributed by atoms with Gasteiger partial charge in [-0.3, -0.25) is 0 Å². The van der Waals surface area contributed by atoms with Gasteiger partial charge in [-0.15, -0.1) is 0 Å². The SMILES string of the molecule is CCCCCCCN(CCCC)CCNCc1ccc(OCc2ccccc2)cc1. The van der Waals surface area contributed by atoms with Gasteiger partial charge in [0.05, 0.1) is 0 Å². The highest BCUT2D eigenvalue weighted by atomic mass is 16.5. The lowest BCUT2D eigenvalue weighted by Gasteiger charge is -2.22. The molecule has 30 heavy (non-hydrogen) atoms. The smallest absolute Gasteiger partial charge is 0.119 e. The summed E-state index contributed by atoms with van der Waals surface area (Å²) in [6.45, 7) is 10.8. The van der Waals surface area contributed by atoms with Gasteiger partial charge in [0.1, 0.15) is 12.4 Å². The second kappa shape index (κ2) is 15.9. The van der Waals surface area contributed by atoms with Crippen LogP contribution in [-0.4, -0.2) is 31.1 Å². The van der Waals surface area contributed by atoms with E-state index in [-0.39, 0.29) is 0 Å². The molecule has 0 atom stereocenters. The number of benzene rings is 2. The van der Waals surface area contributed by atoms with Gasteiger partial charge in [0.2, 0.25) is 0 Å². The maximum Gasteiger partial charge on any atom is 0.119 e. The fourth-order valence-corrected chi connectivity index (χ4v) is 3.57. The van der Waals surface area contributed by atoms with E-state index in [1.807, 2.05) is 18.2 Å². The van der Waals surface area contributed by atoms with Crippen molar-refractivity contribution in [3.05, 3.63) is 65.7 Å². The number of hydrogen-bond acceptors (Lipinski definition) is 3. The summed E-state index contributed by atoms with van der Waals surface area (Å²) in [6.07, 6.45) is 9.40. The number of unbranched alkanes of at least 4 members (excludes halogenated alkanes) is 5. The van der Waals surface area contributed by atoms with Crippen LogP contribution >= 0.6 is 0 Å². The molecule has 0 amide bonds. The molecule has 2 rings (SSSR count). The Morgan fingerprint density at radius 2 is 1.40 bits per heavy atom. The van der Waals surface area contributed by atoms with Gasteiger partial charge in [0.25, 0.3) is 0 Å². The van der Waals surface area contributed by atoms with Gasteiger partial charge in [0, 0.05) is 19.6 Å². The van der Waals surface area contributed by atoms with Crippen LogP contribution in [0.15, 0.2) is 54.6 Å². The van der Waals surface area contributed by atoms with Crippen LogP contribution in [0.25, 0.3) is 0 Å². The second-order valence-corrected chi connectivity index (χ2v) is 8.20. The molecule has 166 valence electrons. The van der Waals surface area contributed by atoms with Gasteiger partial charge < -0.3 is 15.0 Å². The first-order valence-electron chi connectivity index (χ1n) is 12.0. The standard InChI is InChI=1S/C27H42N2O/c1-3-5-7-8-12-21-29(20-6-4-2)22-19-28-23-25-15-17-27(18-16-25)30-24-26-13-10-9-11-14-26/h9-11,13-18,28H,3-8,12,19-24H2,1-2H3. The van der Waals surface area contributed by atoms with Gasteiger partial charge in [-0.1, -0.05) is 88.4 Å². The van der Waals surface area contributed by atoms with Crippen LogP contribution in [0.1, 0.15) is 69.9 Å². The molecule has 0 spiro atoms. The summed E-state index contributed by atoms with van der Waals surface area (Å²) in [4.78, 5) is 2.64. The van der Waals surface area contributed by atoms with Crippen LogP contribution in [-0.2, 0) is 13.2 Å². The Morgan fingerprint density at radius 3 is 2.13 bits per heavy atom. The molecule has 0 aliphatic heterocycles. The molecule has 1 N–H and O–H groups in total. The normalized spacial score (nSPS) is 11.2. The first-order chi connectivity index (χ1) is 14.8. The molecule has 0 aliphatic rings. The zero-order valence-electron chi connectivity index (χ0n) is 19.2. The van der Waals surface area contributed by atoms with Crippen molar-refractivity contribution in [3.8, 4) is 5.75 Å². The van der Waals surface area contributed by atoms with Gasteiger partial charge in [-0.2, -0.15) is 0 Å². The third-order valence-corrected chi connectivity index (χ3v) is 5.51. The Bertz CT molecular complexity index is 642. The maximum atomic E-state index is 5.88. The molecule has 0 aliphatic carbocycles. The van der Waals surface area contributed by atoms with E-state index < -0.39 is 0 Å². The molecule has 3 heteroatoms. The van der Waals surface area contributed by atoms with Gasteiger partial charge in [-0.25, -0.2) is 0 Å². The summed E-state index contributed by atoms with van der Waals surface area (Å²) in [7, 11) is 0. The summed E-state index contributed by atoms with van der Waals surface area (Å²) < 4.78 is 5.88. The monoisotopic (exact) mass is 410 g/mol. The zero-order chi connectivity index (χ0) is 21.3. The molecule has 0 saturated carbocycles. The van der Waals surface area contributed by atoms with Crippen molar-refractivity contribution < 1.29 is 4.74 Å². The molecule has 0 radical (unpaired) electrons. The average Bonchev–Trinajstić information content (AvgIpc) is 2.79. The molecule has 3 nitrogen and oxygen atoms in total. The van der Waals surface area contributed by atoms with Crippen LogP contribution < -0.4 is 10.1 Å². The molecule has 0 saturated heterocycles. The van der Waals surface area contributed by atoms with E-state index >= 15 is 0 Å². The number of rotatable bonds is 17. The van der Waals surface area contributed by atoms with E-state index in [4.69, 9.17) is 4.74 Å². The van der Waals surface area contributed by atoms with Crippen LogP contribution in [0.2, 0.25) is 0 Å². The van der Waals surface area contributed by atoms with E-state index in [0.29, 0.717) is 6.61 Å². The van der Waals surface area contributed by atoms with Gasteiger partial charge >= 0.3 is 0 Å². The minimum absolute atomic E-state index is 0.616. The summed E-state index contributed by atoms with van der Waals surface area (Å²) >= 11 is 0. The second-order valence-electron chi connectivity index (χ2n) is 8.20. The fraction of sp³-hybridized carbons (Fsp3) is 0.556. The molecular weight excluding hydrogens is 368 g/mol. The van der Waals surface area contributed by atoms with Crippen molar-refractivity contribution in [1.82, 2.24) is 10.2 Å². The Morgan fingerprint density at radius 1 is 0.700 bits per heavy atom. The van der Waals surface area contributed by atoms with E-state index in [1.165, 1.54) is 69.2 Å². The van der Waals surface area contributed by atoms with Crippen molar-refractivity contribution in [2.45, 2.75) is 71.9 Å². The van der Waals surface area contributed by atoms with Crippen molar-refractivity contribution in [1.29, 1.82) is 0 Å². The van der Waals surface area contributed by atoms with Crippen molar-refractivity contribution in [2.75, 3.05) is 26.2 Å². The molecule has 2 aromatic carbocycles. The quantitative estimate of drug-likeness (QED) is 0.304. The van der Waals surface area contributed by atoms with E-state index in [1.54, 1.807) is 0 Å². The Labute approximate surface area is 184 Å². The summed E-state index contributed by atoms with van der Waals surface area (Å²) in [5, 5.41) is 3.61. The highest BCUT2D eigenvalue weighted by molar-refractivity contribution is 5.27. The number of nitrogens with zero attached hydrogens (tertiary/aromatic N) is 1. The van der Waals surface area contributed by atoms with Crippen LogP contribution in [0.3, 0.4) is 0 Å². The Kier molecular flexibility index (Phi) is 13.0. The summed E-state index contributed by atoms with van der Waals surface area (Å²) in [6, 6.07) is 18.8. The largest absolute Gasteiger partial charge is 0.489 e. The molecule has 0 fully saturated rings. The Hall–Kier alpha value is -1.84. The lowest BCUT2D eigenvalue weighted by atomic mass is 10.1. The third kappa shape index (κ3) is 10.8. The van der Waals surface area contributed by atoms with Crippen LogP contribution in [0.4, 0.5) is 0 Å². The molecular formula is C27H42N2O. The Balaban J connectivity index is 1.63. The predicted octanol–water partition coefficient (Wildman–Crippen LogP) is 6.43. The molecule has 2 aromatic rings. The fourth-order valence-electron chi connectivity index (χ4n) is 3.57. The molecule has 0 bridgehead atoms. The highest BCUT2D eigenvalue weighted by Gasteiger charge is 2.04. The van der Waals surface area contributed by atoms with Crippen LogP contribution in [0, 0.1) is 0 Å². The average molecular weight is 411 g/mol. The maximum absolute atomic E-state index is 5.88. The molecule has 0 heterocycles. The predicted molar refractivity (Wildman–Crippen MR) is 129 cm³/mol. The topological polar surface area (TPSA) is 24.5 Å². The van der Waals surface area contributed by atoms with Crippen LogP contribution in [0.5, 0.6) is 5.75 Å². The summed E-state index contributed by atoms with van der Waals surface area (Å²) in [5.41, 5.74) is 2.50. The molecule has 0 aromatic heterocycles. The highest BCUT2D eigenvalue weighted by Crippen LogP contribution is 2.14. The molecule has 0 unspecified atom stereocenters. The van der Waals surface area contributed by atoms with E-state index in [9.17, 15) is 0 Å². The first-order valence-corrected chi connectivity index (χ1v) is 12.0. The van der Waals surface area contributed by atoms with E-state index in [0.717, 1.165) is 25.4 Å². The third-order valence-electron chi connectivity index (χ3n) is 5.51. The minimum Gasteiger partial charge on any atom is -0.489 e. The van der Waals surface area contributed by atoms with Crippen molar-refractivity contribution in [2.24, 2.45) is 0 Å². The summed E-state index contributed by atoms with van der Waals surface area (Å²) in [5.74, 6) is 0.927. The van der Waals surface area contributed by atoms with Gasteiger partial charge in [-0.05, 0) is 49.2 Å². The van der Waals surface area contributed by atoms with E-state index in [2.05, 4.69) is 60.5 Å². The zero-order valence-corrected chi connectivity index (χ0v) is 19.2. The van der Waals surface area contributed by atoms with Gasteiger partial charge in [0.15, 0.2) is 0 Å². The number of hydrogen-bond donors (Lipinski definition) is 1. The van der Waals surface area contributed by atoms with Crippen molar-refractivity contribution >= 4 is 0 Å². The van der Waals surface area contributed by atoms with Crippen molar-refractivity contribution in [3.63, 3.8) is 0 Å². The lowest BCUT2D eigenvalue weighted by Crippen LogP contribution is -2.33. The minimum atomic E-state index is 0.616.